The fourth-order valence-electron chi connectivity index (χ4n) is 4.49. The van der Waals surface area contributed by atoms with Crippen LogP contribution < -0.4 is 10.1 Å². The molecule has 2 heterocycles. The van der Waals surface area contributed by atoms with Gasteiger partial charge in [-0.3, -0.25) is 4.79 Å². The number of hydrogen-bond acceptors (Lipinski definition) is 6. The van der Waals surface area contributed by atoms with Crippen LogP contribution in [0.2, 0.25) is 0 Å². The summed E-state index contributed by atoms with van der Waals surface area (Å²) in [6.45, 7) is 5.74. The SMILES string of the molecule is CCC(CC)C1CCC(=O)Cc2cnc(Nc3cccc(OCCn4ccnc4)c3)nc21. The van der Waals surface area contributed by atoms with Crippen molar-refractivity contribution < 1.29 is 9.53 Å². The first-order valence-corrected chi connectivity index (χ1v) is 11.5. The second-order valence-electron chi connectivity index (χ2n) is 8.34. The maximum Gasteiger partial charge on any atom is 0.227 e. The van der Waals surface area contributed by atoms with Gasteiger partial charge in [0.1, 0.15) is 18.1 Å². The van der Waals surface area contributed by atoms with E-state index in [2.05, 4.69) is 29.1 Å². The number of ketones is 1. The molecular weight excluding hydrogens is 402 g/mol. The van der Waals surface area contributed by atoms with Gasteiger partial charge in [-0.05, 0) is 30.0 Å². The van der Waals surface area contributed by atoms with Crippen molar-refractivity contribution in [3.63, 3.8) is 0 Å². The number of aromatic nitrogens is 4. The first-order valence-electron chi connectivity index (χ1n) is 11.5. The van der Waals surface area contributed by atoms with Crippen molar-refractivity contribution in [3.8, 4) is 5.75 Å². The first kappa shape index (κ1) is 22.0. The third-order valence-corrected chi connectivity index (χ3v) is 6.26. The molecule has 2 aromatic heterocycles. The number of nitrogens with zero attached hydrogens (tertiary/aromatic N) is 4. The number of anilines is 2. The van der Waals surface area contributed by atoms with E-state index in [-0.39, 0.29) is 5.78 Å². The molecule has 7 heteroatoms. The zero-order valence-corrected chi connectivity index (χ0v) is 18.8. The van der Waals surface area contributed by atoms with Crippen LogP contribution in [0.4, 0.5) is 11.6 Å². The number of carbonyl (C=O) groups excluding carboxylic acids is 1. The average molecular weight is 434 g/mol. The molecule has 3 aromatic rings. The number of benzene rings is 1. The van der Waals surface area contributed by atoms with Gasteiger partial charge in [-0.25, -0.2) is 15.0 Å². The molecule has 1 N–H and O–H groups in total. The number of ether oxygens (including phenoxy) is 1. The third-order valence-electron chi connectivity index (χ3n) is 6.26. The fourth-order valence-corrected chi connectivity index (χ4v) is 4.49. The van der Waals surface area contributed by atoms with E-state index in [1.165, 1.54) is 0 Å². The minimum Gasteiger partial charge on any atom is -0.492 e. The maximum atomic E-state index is 12.3. The Morgan fingerprint density at radius 3 is 2.94 bits per heavy atom. The van der Waals surface area contributed by atoms with Crippen LogP contribution in [0.5, 0.6) is 5.75 Å². The number of carbonyl (C=O) groups is 1. The van der Waals surface area contributed by atoms with Crippen molar-refractivity contribution in [2.24, 2.45) is 5.92 Å². The smallest absolute Gasteiger partial charge is 0.227 e. The van der Waals surface area contributed by atoms with Crippen molar-refractivity contribution >= 4 is 17.4 Å². The van der Waals surface area contributed by atoms with Crippen molar-refractivity contribution in [2.45, 2.75) is 58.4 Å². The first-order chi connectivity index (χ1) is 15.7. The number of hydrogen-bond donors (Lipinski definition) is 1. The van der Waals surface area contributed by atoms with Gasteiger partial charge >= 0.3 is 0 Å². The molecule has 0 aliphatic heterocycles. The lowest BCUT2D eigenvalue weighted by Crippen LogP contribution is -2.15. The second-order valence-corrected chi connectivity index (χ2v) is 8.34. The zero-order chi connectivity index (χ0) is 22.3. The van der Waals surface area contributed by atoms with Crippen molar-refractivity contribution in [1.82, 2.24) is 19.5 Å². The molecule has 0 saturated carbocycles. The number of rotatable bonds is 9. The van der Waals surface area contributed by atoms with Gasteiger partial charge in [0.2, 0.25) is 5.95 Å². The van der Waals surface area contributed by atoms with Crippen LogP contribution in [0, 0.1) is 5.92 Å². The van der Waals surface area contributed by atoms with E-state index in [4.69, 9.17) is 9.72 Å². The Labute approximate surface area is 189 Å². The van der Waals surface area contributed by atoms with E-state index in [9.17, 15) is 4.79 Å². The highest BCUT2D eigenvalue weighted by Gasteiger charge is 2.29. The summed E-state index contributed by atoms with van der Waals surface area (Å²) >= 11 is 0. The summed E-state index contributed by atoms with van der Waals surface area (Å²) in [5, 5.41) is 3.32. The molecule has 4 rings (SSSR count). The summed E-state index contributed by atoms with van der Waals surface area (Å²) in [5.74, 6) is 2.45. The lowest BCUT2D eigenvalue weighted by atomic mass is 9.82. The van der Waals surface area contributed by atoms with Crippen LogP contribution in [0.3, 0.4) is 0 Å². The van der Waals surface area contributed by atoms with Crippen LogP contribution in [0.25, 0.3) is 0 Å². The summed E-state index contributed by atoms with van der Waals surface area (Å²) in [4.78, 5) is 25.7. The van der Waals surface area contributed by atoms with Gasteiger partial charge in [0.25, 0.3) is 0 Å². The summed E-state index contributed by atoms with van der Waals surface area (Å²) in [6.07, 6.45) is 11.4. The van der Waals surface area contributed by atoms with E-state index in [1.54, 1.807) is 12.5 Å². The minimum atomic E-state index is 0.282. The lowest BCUT2D eigenvalue weighted by molar-refractivity contribution is -0.118. The Kier molecular flexibility index (Phi) is 7.14. The molecule has 0 saturated heterocycles. The minimum absolute atomic E-state index is 0.282. The van der Waals surface area contributed by atoms with Crippen LogP contribution in [0.1, 0.15) is 56.7 Å². The molecule has 32 heavy (non-hydrogen) atoms. The van der Waals surface area contributed by atoms with E-state index in [0.29, 0.717) is 37.2 Å². The zero-order valence-electron chi connectivity index (χ0n) is 18.8. The Balaban J connectivity index is 1.49. The van der Waals surface area contributed by atoms with Gasteiger partial charge in [-0.2, -0.15) is 0 Å². The van der Waals surface area contributed by atoms with Gasteiger partial charge in [-0.1, -0.05) is 32.8 Å². The van der Waals surface area contributed by atoms with Gasteiger partial charge in [-0.15, -0.1) is 0 Å². The molecule has 0 fully saturated rings. The topological polar surface area (TPSA) is 81.9 Å². The normalized spacial score (nSPS) is 16.0. The standard InChI is InChI=1S/C25H31N5O2/c1-3-18(4-2)23-9-8-21(31)14-19-16-27-25(29-24(19)23)28-20-6-5-7-22(15-20)32-13-12-30-11-10-26-17-30/h5-7,10-11,15-18,23H,3-4,8-9,12-14H2,1-2H3,(H,27,28,29). The molecule has 168 valence electrons. The number of Topliss-reactive ketones (excluding diaryl/α,β-unsaturated/α-hetero) is 1. The van der Waals surface area contributed by atoms with Crippen molar-refractivity contribution in [3.05, 3.63) is 60.4 Å². The Bertz CT molecular complexity index is 1030. The van der Waals surface area contributed by atoms with Gasteiger partial charge in [0.15, 0.2) is 0 Å². The van der Waals surface area contributed by atoms with Crippen molar-refractivity contribution in [2.75, 3.05) is 11.9 Å². The summed E-state index contributed by atoms with van der Waals surface area (Å²) in [5.41, 5.74) is 2.88. The molecule has 1 aliphatic carbocycles. The molecular formula is C25H31N5O2. The molecule has 0 radical (unpaired) electrons. The third kappa shape index (κ3) is 5.33. The Morgan fingerprint density at radius 1 is 1.28 bits per heavy atom. The molecule has 1 aliphatic rings. The maximum absolute atomic E-state index is 12.3. The van der Waals surface area contributed by atoms with E-state index in [0.717, 1.165) is 48.5 Å². The molecule has 1 unspecified atom stereocenters. The fraction of sp³-hybridized carbons (Fsp3) is 0.440. The van der Waals surface area contributed by atoms with Crippen LogP contribution in [-0.2, 0) is 17.8 Å². The Morgan fingerprint density at radius 2 is 2.16 bits per heavy atom. The number of imidazole rings is 1. The largest absolute Gasteiger partial charge is 0.492 e. The lowest BCUT2D eigenvalue weighted by Gasteiger charge is -2.25. The predicted octanol–water partition coefficient (Wildman–Crippen LogP) is 4.92. The van der Waals surface area contributed by atoms with Crippen LogP contribution in [0.15, 0.2) is 49.2 Å². The molecule has 0 bridgehead atoms. The Hall–Kier alpha value is -3.22. The summed E-state index contributed by atoms with van der Waals surface area (Å²) in [6, 6.07) is 7.81. The average Bonchev–Trinajstić information content (AvgIpc) is 3.26. The van der Waals surface area contributed by atoms with E-state index < -0.39 is 0 Å². The van der Waals surface area contributed by atoms with Gasteiger partial charge < -0.3 is 14.6 Å². The monoisotopic (exact) mass is 433 g/mol. The molecule has 7 nitrogen and oxygen atoms in total. The number of fused-ring (bicyclic) bond motifs is 1. The highest BCUT2D eigenvalue weighted by Crippen LogP contribution is 2.37. The van der Waals surface area contributed by atoms with Gasteiger partial charge in [0, 0.05) is 49.1 Å². The quantitative estimate of drug-likeness (QED) is 0.482. The number of nitrogens with one attached hydrogen (secondary N) is 1. The summed E-state index contributed by atoms with van der Waals surface area (Å²) < 4.78 is 7.87. The highest BCUT2D eigenvalue weighted by molar-refractivity contribution is 5.81. The van der Waals surface area contributed by atoms with Crippen LogP contribution in [-0.4, -0.2) is 31.9 Å². The molecule has 0 amide bonds. The second kappa shape index (κ2) is 10.4. The molecule has 1 aromatic carbocycles. The highest BCUT2D eigenvalue weighted by atomic mass is 16.5. The van der Waals surface area contributed by atoms with E-state index in [1.807, 2.05) is 41.2 Å². The molecule has 1 atom stereocenters. The molecule has 0 spiro atoms. The summed E-state index contributed by atoms with van der Waals surface area (Å²) in [7, 11) is 0. The van der Waals surface area contributed by atoms with Gasteiger partial charge in [0.05, 0.1) is 18.6 Å². The van der Waals surface area contributed by atoms with E-state index >= 15 is 0 Å². The predicted molar refractivity (Wildman–Crippen MR) is 124 cm³/mol. The van der Waals surface area contributed by atoms with Crippen molar-refractivity contribution in [1.29, 1.82) is 0 Å². The van der Waals surface area contributed by atoms with Crippen LogP contribution >= 0.6 is 0 Å².